The highest BCUT2D eigenvalue weighted by Gasteiger charge is 2.43. The quantitative estimate of drug-likeness (QED) is 0.0879. The van der Waals surface area contributed by atoms with Gasteiger partial charge in [0.1, 0.15) is 5.54 Å². The lowest BCUT2D eigenvalue weighted by atomic mass is 9.99. The first-order chi connectivity index (χ1) is 23.1. The molecule has 1 fully saturated rings. The number of carboxylic acids is 1. The number of unbranched alkanes of at least 4 members (excludes halogenated alkanes) is 1. The Morgan fingerprint density at radius 3 is 2.15 bits per heavy atom. The number of aliphatic carboxylic acids is 1. The molecule has 0 unspecified atom stereocenters. The lowest BCUT2D eigenvalue weighted by Crippen LogP contribution is -2.52. The van der Waals surface area contributed by atoms with Gasteiger partial charge in [0, 0.05) is 63.4 Å². The van der Waals surface area contributed by atoms with Crippen LogP contribution < -0.4 is 27.4 Å². The zero-order valence-corrected chi connectivity index (χ0v) is 30.4. The molecule has 0 amide bonds. The molecule has 1 saturated heterocycles. The van der Waals surface area contributed by atoms with Crippen molar-refractivity contribution in [1.29, 1.82) is 0 Å². The summed E-state index contributed by atoms with van der Waals surface area (Å²) in [7, 11) is 2.16. The molecule has 0 saturated carbocycles. The first-order valence-corrected chi connectivity index (χ1v) is 18.5. The van der Waals surface area contributed by atoms with Gasteiger partial charge in [-0.25, -0.2) is 0 Å². The van der Waals surface area contributed by atoms with Gasteiger partial charge in [-0.15, -0.1) is 0 Å². The maximum atomic E-state index is 12.0. The summed E-state index contributed by atoms with van der Waals surface area (Å²) in [4.78, 5) is 16.5. The highest BCUT2D eigenvalue weighted by molar-refractivity contribution is 5.78. The predicted octanol–water partition coefficient (Wildman–Crippen LogP) is 3.72. The van der Waals surface area contributed by atoms with Gasteiger partial charge < -0.3 is 37.4 Å². The summed E-state index contributed by atoms with van der Waals surface area (Å²) in [5.41, 5.74) is 14.3. The number of hydrogen-bond acceptors (Lipinski definition) is 8. The zero-order chi connectivity index (χ0) is 34.8. The van der Waals surface area contributed by atoms with Crippen LogP contribution in [0.15, 0.2) is 60.7 Å². The summed E-state index contributed by atoms with van der Waals surface area (Å²) in [6.07, 6.45) is 7.76. The van der Waals surface area contributed by atoms with E-state index in [0.717, 1.165) is 97.2 Å². The first kappa shape index (κ1) is 40.1. The molecule has 48 heavy (non-hydrogen) atoms. The van der Waals surface area contributed by atoms with E-state index in [0.29, 0.717) is 24.5 Å². The fourth-order valence-corrected chi connectivity index (χ4v) is 7.02. The van der Waals surface area contributed by atoms with E-state index >= 15 is 0 Å². The molecule has 9 nitrogen and oxygen atoms in total. The van der Waals surface area contributed by atoms with Gasteiger partial charge in [-0.05, 0) is 89.1 Å². The van der Waals surface area contributed by atoms with Crippen LogP contribution in [0, 0.1) is 5.92 Å². The minimum atomic E-state index is -0.741. The number of benzene rings is 2. The Labute approximate surface area is 291 Å². The Hall–Kier alpha value is -2.37. The smallest absolute Gasteiger partial charge is 0.323 e. The van der Waals surface area contributed by atoms with Crippen LogP contribution in [0.3, 0.4) is 0 Å². The van der Waals surface area contributed by atoms with Gasteiger partial charge in [0.05, 0.1) is 0 Å². The molecule has 1 aliphatic rings. The number of nitrogens with one attached hydrogen (secondary N) is 3. The Morgan fingerprint density at radius 1 is 0.917 bits per heavy atom. The maximum absolute atomic E-state index is 12.0. The number of nitrogens with two attached hydrogens (primary N) is 2. The second-order valence-electron chi connectivity index (χ2n) is 14.8. The molecule has 5 atom stereocenters. The van der Waals surface area contributed by atoms with Gasteiger partial charge in [0.15, 0.2) is 0 Å². The minimum Gasteiger partial charge on any atom is -0.480 e. The molecule has 0 aliphatic carbocycles. The summed E-state index contributed by atoms with van der Waals surface area (Å²) in [6, 6.07) is 22.2. The van der Waals surface area contributed by atoms with Gasteiger partial charge in [0.25, 0.3) is 0 Å². The van der Waals surface area contributed by atoms with Crippen molar-refractivity contribution in [3.05, 3.63) is 71.8 Å². The van der Waals surface area contributed by atoms with Crippen molar-refractivity contribution in [2.75, 3.05) is 59.4 Å². The van der Waals surface area contributed by atoms with E-state index < -0.39 is 11.5 Å². The molecule has 3 rings (SSSR count). The monoisotopic (exact) mass is 666 g/mol. The Kier molecular flexibility index (Phi) is 18.1. The molecule has 0 aromatic heterocycles. The molecule has 9 heteroatoms. The van der Waals surface area contributed by atoms with E-state index in [2.05, 4.69) is 101 Å². The second-order valence-corrected chi connectivity index (χ2v) is 14.8. The highest BCUT2D eigenvalue weighted by Crippen LogP contribution is 2.28. The molecule has 2 aromatic carbocycles. The molecule has 8 N–H and O–H groups in total. The van der Waals surface area contributed by atoms with Crippen molar-refractivity contribution in [3.8, 4) is 0 Å². The fourth-order valence-electron chi connectivity index (χ4n) is 7.02. The summed E-state index contributed by atoms with van der Waals surface area (Å²) in [5, 5.41) is 21.5. The molecule has 2 aromatic rings. The maximum Gasteiger partial charge on any atom is 0.323 e. The van der Waals surface area contributed by atoms with Crippen LogP contribution in [0.5, 0.6) is 0 Å². The van der Waals surface area contributed by atoms with Crippen molar-refractivity contribution in [1.82, 2.24) is 25.8 Å². The van der Waals surface area contributed by atoms with Crippen LogP contribution in [0.25, 0.3) is 0 Å². The van der Waals surface area contributed by atoms with Crippen molar-refractivity contribution in [2.24, 2.45) is 17.4 Å². The summed E-state index contributed by atoms with van der Waals surface area (Å²) >= 11 is 0. The van der Waals surface area contributed by atoms with Crippen LogP contribution in [0.4, 0.5) is 0 Å². The molecule has 270 valence electrons. The van der Waals surface area contributed by atoms with Crippen molar-refractivity contribution >= 4 is 5.97 Å². The van der Waals surface area contributed by atoms with Gasteiger partial charge >= 0.3 is 5.97 Å². The normalized spacial score (nSPS) is 19.5. The van der Waals surface area contributed by atoms with Gasteiger partial charge in [-0.1, -0.05) is 80.9 Å². The van der Waals surface area contributed by atoms with E-state index in [-0.39, 0.29) is 12.1 Å². The van der Waals surface area contributed by atoms with Gasteiger partial charge in [0.2, 0.25) is 0 Å². The Bertz CT molecular complexity index is 1140. The zero-order valence-electron chi connectivity index (χ0n) is 30.4. The predicted molar refractivity (Wildman–Crippen MR) is 200 cm³/mol. The van der Waals surface area contributed by atoms with E-state index in [4.69, 9.17) is 11.5 Å². The number of nitrogens with zero attached hydrogens (tertiary/aromatic N) is 2. The van der Waals surface area contributed by atoms with Crippen LogP contribution in [-0.2, 0) is 17.6 Å². The molecule has 0 radical (unpaired) electrons. The summed E-state index contributed by atoms with van der Waals surface area (Å²) in [5.74, 6) is -0.129. The van der Waals surface area contributed by atoms with Crippen LogP contribution in [0.2, 0.25) is 0 Å². The third-order valence-electron chi connectivity index (χ3n) is 9.94. The lowest BCUT2D eigenvalue weighted by Gasteiger charge is -2.33. The van der Waals surface area contributed by atoms with Gasteiger partial charge in [-0.3, -0.25) is 9.69 Å². The average Bonchev–Trinajstić information content (AvgIpc) is 3.45. The van der Waals surface area contributed by atoms with Crippen molar-refractivity contribution in [2.45, 2.75) is 102 Å². The number of hydrogen-bond donors (Lipinski definition) is 6. The second kappa shape index (κ2) is 21.7. The average molecular weight is 666 g/mol. The fraction of sp³-hybridized carbons (Fsp3) is 0.667. The van der Waals surface area contributed by atoms with Crippen LogP contribution in [0.1, 0.15) is 70.4 Å². The number of likely N-dealkylation sites (tertiary alicyclic amines) is 1. The Morgan fingerprint density at radius 2 is 1.52 bits per heavy atom. The van der Waals surface area contributed by atoms with Crippen LogP contribution >= 0.6 is 0 Å². The Balaban J connectivity index is 1.57. The van der Waals surface area contributed by atoms with E-state index in [1.54, 1.807) is 0 Å². The topological polar surface area (TPSA) is 132 Å². The largest absolute Gasteiger partial charge is 0.480 e. The van der Waals surface area contributed by atoms with E-state index in [1.807, 2.05) is 13.0 Å². The molecule has 0 bridgehead atoms. The van der Waals surface area contributed by atoms with Crippen molar-refractivity contribution in [3.63, 3.8) is 0 Å². The molecule has 0 spiro atoms. The van der Waals surface area contributed by atoms with E-state index in [9.17, 15) is 9.90 Å². The standard InChI is InChI=1S/C39H67N7O2/c1-31(2)24-36(28-43-35(18-11-12-20-40)30-45(4)22-23-46-21-13-19-39(46,3)38(47)48)44-29-37(26-33-16-9-6-10-17-33)42-27-34(41)25-32-14-7-5-8-15-32/h5-10,14-17,31,34-37,42-44H,11-13,18-30,40-41H2,1-4H3,(H,47,48)/t34-,35-,36-,37-,39-/m1/s1. The molecular formula is C39H67N7O2. The molecule has 1 heterocycles. The third-order valence-corrected chi connectivity index (χ3v) is 9.94. The highest BCUT2D eigenvalue weighted by atomic mass is 16.4. The number of carboxylic acid groups (broad SMARTS) is 1. The summed E-state index contributed by atoms with van der Waals surface area (Å²) in [6.45, 7) is 13.1. The SMILES string of the molecule is CC(C)C[C@H](CN[C@H](CCCCN)CN(C)CCN1CCC[C@]1(C)C(=O)O)NC[C@@H](Cc1ccccc1)NC[C@H](N)Cc1ccccc1. The minimum absolute atomic E-state index is 0.0495. The molecule has 1 aliphatic heterocycles. The summed E-state index contributed by atoms with van der Waals surface area (Å²) < 4.78 is 0. The first-order valence-electron chi connectivity index (χ1n) is 18.5. The number of carbonyl (C=O) groups is 1. The number of likely N-dealkylation sites (N-methyl/N-ethyl adjacent to an activating group) is 1. The molecular weight excluding hydrogens is 598 g/mol. The third kappa shape index (κ3) is 14.6. The van der Waals surface area contributed by atoms with Crippen LogP contribution in [-0.4, -0.2) is 110 Å². The lowest BCUT2D eigenvalue weighted by molar-refractivity contribution is -0.148. The van der Waals surface area contributed by atoms with Gasteiger partial charge in [-0.2, -0.15) is 0 Å². The van der Waals surface area contributed by atoms with E-state index in [1.165, 1.54) is 11.1 Å². The number of rotatable bonds is 25. The van der Waals surface area contributed by atoms with Crippen molar-refractivity contribution < 1.29 is 9.90 Å².